The Balaban J connectivity index is 1.75. The highest BCUT2D eigenvalue weighted by atomic mass is 31.2. The number of unbranched alkanes of at least 4 members (excludes halogenated alkanes) is 30. The number of allylic oxidation sites excluding steroid dienone is 2. The number of rotatable bonds is 57. The highest BCUT2D eigenvalue weighted by Gasteiger charge is 2.58. The number of carbonyl (C=O) groups is 3. The van der Waals surface area contributed by atoms with Gasteiger partial charge in [-0.3, -0.25) is 23.4 Å². The van der Waals surface area contributed by atoms with Crippen molar-refractivity contribution >= 4 is 25.7 Å². The van der Waals surface area contributed by atoms with Gasteiger partial charge < -0.3 is 89.1 Å². The Morgan fingerprint density at radius 3 is 1.24 bits per heavy atom. The van der Waals surface area contributed by atoms with E-state index in [1.54, 1.807) is 0 Å². The van der Waals surface area contributed by atoms with E-state index in [9.17, 15) is 74.9 Å². The molecule has 0 bridgehead atoms. The van der Waals surface area contributed by atoms with Crippen LogP contribution in [0.5, 0.6) is 0 Å². The predicted octanol–water partition coefficient (Wildman–Crippen LogP) is 9.82. The summed E-state index contributed by atoms with van der Waals surface area (Å²) in [6, 6.07) is 0. The lowest BCUT2D eigenvalue weighted by atomic mass is 9.84. The largest absolute Gasteiger partial charge is 0.472 e. The molecule has 3 rings (SSSR count). The van der Waals surface area contributed by atoms with Crippen LogP contribution in [0.25, 0.3) is 0 Å². The Hall–Kier alpha value is -2.30. The molecular weight excluding hydrogens is 1270 g/mol. The molecule has 25 heteroatoms. The first-order valence-corrected chi connectivity index (χ1v) is 38.9. The number of ether oxygens (including phenoxy) is 7. The molecule has 3 fully saturated rings. The molecule has 564 valence electrons. The van der Waals surface area contributed by atoms with Crippen molar-refractivity contribution in [2.45, 2.75) is 389 Å². The summed E-state index contributed by atoms with van der Waals surface area (Å²) in [4.78, 5) is 51.0. The van der Waals surface area contributed by atoms with Crippen molar-refractivity contribution in [2.75, 3.05) is 26.4 Å². The molecule has 11 N–H and O–H groups in total. The predicted molar refractivity (Wildman–Crippen MR) is 361 cm³/mol. The van der Waals surface area contributed by atoms with Crippen LogP contribution in [0.2, 0.25) is 0 Å². The second kappa shape index (κ2) is 52.6. The standard InChI is InChI=1S/C71H131O24P/c1-5-8-11-14-17-19-21-23-25-27-29-36-41-46-57(75)90-52(48-87-55(73)44-39-35-31-30-33-38-43-51(4)42-37-32-16-13-10-7-3)49-89-96(85,86)95-69-67(93-70-65(83)60(78)58(76)53(47-72)91-70)63(81)62(80)64(82)68(69)94-71-66(84)61(79)59(77)54(92-71)50-88-56(74)45-40-34-28-26-24-22-20-18-15-12-9-6-2/h23,25,51-54,58-72,76-84H,5-22,24,26-50H2,1-4H3,(H,85,86)/b25-23-. The fourth-order valence-corrected chi connectivity index (χ4v) is 13.4. The Kier molecular flexibility index (Phi) is 48.2. The lowest BCUT2D eigenvalue weighted by molar-refractivity contribution is -0.360. The first-order chi connectivity index (χ1) is 46.2. The average molecular weight is 1400 g/mol. The normalized spacial score (nSPS) is 28.3. The molecule has 0 amide bonds. The van der Waals surface area contributed by atoms with E-state index in [1.807, 2.05) is 0 Å². The zero-order valence-electron chi connectivity index (χ0n) is 58.8. The molecule has 0 spiro atoms. The van der Waals surface area contributed by atoms with Crippen LogP contribution < -0.4 is 0 Å². The third-order valence-corrected chi connectivity index (χ3v) is 19.7. The van der Waals surface area contributed by atoms with Crippen LogP contribution in [0.4, 0.5) is 0 Å². The first-order valence-electron chi connectivity index (χ1n) is 37.4. The van der Waals surface area contributed by atoms with E-state index in [1.165, 1.54) is 122 Å². The molecule has 96 heavy (non-hydrogen) atoms. The van der Waals surface area contributed by atoms with E-state index in [4.69, 9.17) is 42.2 Å². The zero-order valence-corrected chi connectivity index (χ0v) is 59.7. The molecule has 2 aliphatic heterocycles. The van der Waals surface area contributed by atoms with E-state index in [0.29, 0.717) is 31.6 Å². The molecule has 0 aromatic rings. The number of aliphatic hydroxyl groups excluding tert-OH is 10. The third-order valence-electron chi connectivity index (χ3n) is 18.7. The van der Waals surface area contributed by atoms with E-state index >= 15 is 0 Å². The van der Waals surface area contributed by atoms with Gasteiger partial charge in [-0.05, 0) is 50.9 Å². The summed E-state index contributed by atoms with van der Waals surface area (Å²) in [6.07, 6.45) is 8.71. The molecule has 19 unspecified atom stereocenters. The van der Waals surface area contributed by atoms with Gasteiger partial charge in [0.2, 0.25) is 0 Å². The van der Waals surface area contributed by atoms with Gasteiger partial charge in [-0.1, -0.05) is 232 Å². The number of carbonyl (C=O) groups excluding carboxylic acids is 3. The SMILES string of the molecule is CCCCCCCC/C=C\CCCCCC(=O)OC(COC(=O)CCCCCCCCC(C)CCCCCCCC)COP(=O)(O)OC1C(OC2OC(CO)C(O)C(O)C2O)C(O)C(O)C(O)C1OC1OC(COC(=O)CCCCCCCCCCCCCC)C(O)C(O)C1O. The minimum Gasteiger partial charge on any atom is -0.463 e. The lowest BCUT2D eigenvalue weighted by Gasteiger charge is -2.49. The maximum Gasteiger partial charge on any atom is 0.472 e. The average Bonchev–Trinajstić information content (AvgIpc) is 0.762. The van der Waals surface area contributed by atoms with Crippen molar-refractivity contribution in [3.63, 3.8) is 0 Å². The molecule has 0 aromatic carbocycles. The van der Waals surface area contributed by atoms with Gasteiger partial charge in [0.1, 0.15) is 98.7 Å². The number of hydrogen-bond acceptors (Lipinski definition) is 23. The number of phosphoric ester groups is 1. The summed E-state index contributed by atoms with van der Waals surface area (Å²) >= 11 is 0. The molecule has 3 aliphatic rings. The zero-order chi connectivity index (χ0) is 70.5. The monoisotopic (exact) mass is 1400 g/mol. The van der Waals surface area contributed by atoms with Crippen LogP contribution in [0.1, 0.15) is 285 Å². The third kappa shape index (κ3) is 36.0. The fraction of sp³-hybridized carbons (Fsp3) is 0.930. The molecule has 1 saturated carbocycles. The van der Waals surface area contributed by atoms with Crippen molar-refractivity contribution < 1.29 is 117 Å². The smallest absolute Gasteiger partial charge is 0.463 e. The lowest BCUT2D eigenvalue weighted by Crippen LogP contribution is -2.69. The van der Waals surface area contributed by atoms with Gasteiger partial charge in [0.25, 0.3) is 0 Å². The molecule has 2 heterocycles. The van der Waals surface area contributed by atoms with Gasteiger partial charge in [-0.2, -0.15) is 0 Å². The van der Waals surface area contributed by atoms with Crippen molar-refractivity contribution in [1.82, 2.24) is 0 Å². The summed E-state index contributed by atoms with van der Waals surface area (Å²) in [7, 11) is -5.70. The van der Waals surface area contributed by atoms with Crippen molar-refractivity contribution in [1.29, 1.82) is 0 Å². The van der Waals surface area contributed by atoms with Gasteiger partial charge >= 0.3 is 25.7 Å². The van der Waals surface area contributed by atoms with E-state index in [2.05, 4.69) is 39.8 Å². The van der Waals surface area contributed by atoms with Gasteiger partial charge in [-0.25, -0.2) is 4.57 Å². The van der Waals surface area contributed by atoms with Crippen LogP contribution in [0, 0.1) is 5.92 Å². The Labute approximate surface area is 573 Å². The number of hydrogen-bond donors (Lipinski definition) is 11. The second-order valence-corrected chi connectivity index (χ2v) is 28.7. The number of phosphoric acid groups is 1. The van der Waals surface area contributed by atoms with Crippen LogP contribution in [0.15, 0.2) is 12.2 Å². The van der Waals surface area contributed by atoms with Gasteiger partial charge in [-0.15, -0.1) is 0 Å². The van der Waals surface area contributed by atoms with E-state index in [-0.39, 0.29) is 19.3 Å². The maximum absolute atomic E-state index is 14.3. The van der Waals surface area contributed by atoms with Gasteiger partial charge in [0.05, 0.1) is 13.2 Å². The minimum absolute atomic E-state index is 0.0309. The second-order valence-electron chi connectivity index (χ2n) is 27.3. The number of esters is 3. The quantitative estimate of drug-likeness (QED) is 0.00886. The summed E-state index contributed by atoms with van der Waals surface area (Å²) in [5.74, 6) is -1.31. The van der Waals surface area contributed by atoms with E-state index < -0.39 is 156 Å². The van der Waals surface area contributed by atoms with Crippen LogP contribution >= 0.6 is 7.82 Å². The highest BCUT2D eigenvalue weighted by molar-refractivity contribution is 7.47. The molecule has 24 nitrogen and oxygen atoms in total. The summed E-state index contributed by atoms with van der Waals surface area (Å²) in [6.45, 7) is 5.74. The highest BCUT2D eigenvalue weighted by Crippen LogP contribution is 2.49. The van der Waals surface area contributed by atoms with Crippen LogP contribution in [0.3, 0.4) is 0 Å². The number of aliphatic hydroxyl groups is 10. The molecule has 0 radical (unpaired) electrons. The Bertz CT molecular complexity index is 2060. The minimum atomic E-state index is -5.70. The molecule has 19 atom stereocenters. The van der Waals surface area contributed by atoms with Gasteiger partial charge in [0.15, 0.2) is 18.7 Å². The first kappa shape index (κ1) is 87.9. The van der Waals surface area contributed by atoms with Crippen molar-refractivity contribution in [3.05, 3.63) is 12.2 Å². The van der Waals surface area contributed by atoms with Gasteiger partial charge in [0, 0.05) is 19.3 Å². The van der Waals surface area contributed by atoms with Crippen molar-refractivity contribution in [2.24, 2.45) is 5.92 Å². The molecular formula is C71H131O24P. The summed E-state index contributed by atoms with van der Waals surface area (Å²) < 4.78 is 65.0. The van der Waals surface area contributed by atoms with E-state index in [0.717, 1.165) is 89.9 Å². The maximum atomic E-state index is 14.3. The van der Waals surface area contributed by atoms with Crippen molar-refractivity contribution in [3.8, 4) is 0 Å². The topological polar surface area (TPSA) is 374 Å². The molecule has 1 aliphatic carbocycles. The Morgan fingerprint density at radius 1 is 0.427 bits per heavy atom. The van der Waals surface area contributed by atoms with Crippen LogP contribution in [-0.2, 0) is 61.2 Å². The Morgan fingerprint density at radius 2 is 0.792 bits per heavy atom. The summed E-state index contributed by atoms with van der Waals surface area (Å²) in [5.41, 5.74) is 0. The fourth-order valence-electron chi connectivity index (χ4n) is 12.5. The summed E-state index contributed by atoms with van der Waals surface area (Å²) in [5, 5.41) is 110. The molecule has 0 aromatic heterocycles. The van der Waals surface area contributed by atoms with Crippen LogP contribution in [-0.4, -0.2) is 204 Å². The molecule has 2 saturated heterocycles.